The molecule has 0 bridgehead atoms. The number of rotatable bonds is 2. The number of hydrogen-bond donors (Lipinski definition) is 4. The number of halogens is 6. The van der Waals surface area contributed by atoms with Gasteiger partial charge in [-0.2, -0.15) is 26.3 Å². The van der Waals surface area contributed by atoms with Crippen LogP contribution in [-0.4, -0.2) is 23.7 Å². The highest BCUT2D eigenvalue weighted by Crippen LogP contribution is 2.41. The molecule has 0 spiro atoms. The molecule has 0 saturated carbocycles. The fourth-order valence-corrected chi connectivity index (χ4v) is 2.36. The molecule has 11 heteroatoms. The van der Waals surface area contributed by atoms with E-state index in [2.05, 4.69) is 0 Å². The fraction of sp³-hybridized carbons (Fsp3) is 0.429. The van der Waals surface area contributed by atoms with Gasteiger partial charge in [-0.3, -0.25) is 0 Å². The number of alkyl halides is 6. The van der Waals surface area contributed by atoms with Crippen LogP contribution in [0.15, 0.2) is 47.0 Å². The van der Waals surface area contributed by atoms with Crippen LogP contribution in [0.4, 0.5) is 26.3 Å². The van der Waals surface area contributed by atoms with Gasteiger partial charge in [-0.1, -0.05) is 0 Å². The van der Waals surface area contributed by atoms with Crippen molar-refractivity contribution in [3.8, 4) is 0 Å². The van der Waals surface area contributed by atoms with E-state index in [0.717, 1.165) is 24.3 Å². The summed E-state index contributed by atoms with van der Waals surface area (Å²) in [5, 5.41) is 0. The summed E-state index contributed by atoms with van der Waals surface area (Å²) in [5.41, 5.74) is 15.7. The molecule has 0 aliphatic heterocycles. The third kappa shape index (κ3) is 4.63. The number of ether oxygens (including phenoxy) is 1. The zero-order valence-electron chi connectivity index (χ0n) is 12.7. The maximum absolute atomic E-state index is 13.2. The second-order valence-corrected chi connectivity index (χ2v) is 6.03. The normalized spacial score (nSPS) is 23.3. The van der Waals surface area contributed by atoms with Crippen LogP contribution in [-0.2, 0) is 4.74 Å². The van der Waals surface area contributed by atoms with Crippen molar-refractivity contribution in [2.24, 2.45) is 22.9 Å². The highest BCUT2D eigenvalue weighted by Gasteiger charge is 2.44. The summed E-state index contributed by atoms with van der Waals surface area (Å²) in [6, 6.07) is 0. The summed E-state index contributed by atoms with van der Waals surface area (Å²) < 4.78 is 83.9. The van der Waals surface area contributed by atoms with E-state index in [1.165, 1.54) is 0 Å². The van der Waals surface area contributed by atoms with Crippen molar-refractivity contribution < 1.29 is 31.1 Å². The highest BCUT2D eigenvalue weighted by atomic mass is 19.4. The van der Waals surface area contributed by atoms with Gasteiger partial charge < -0.3 is 27.7 Å². The Kier molecular flexibility index (Phi) is 4.58. The molecule has 5 nitrogen and oxygen atoms in total. The largest absolute Gasteiger partial charge is 0.457 e. The summed E-state index contributed by atoms with van der Waals surface area (Å²) in [7, 11) is 0. The second kappa shape index (κ2) is 5.87. The average Bonchev–Trinajstić information content (AvgIpc) is 2.39. The molecular formula is C14H16F6N4O. The van der Waals surface area contributed by atoms with Crippen molar-refractivity contribution in [3.05, 3.63) is 47.0 Å². The second-order valence-electron chi connectivity index (χ2n) is 6.03. The minimum atomic E-state index is -4.88. The first-order chi connectivity index (χ1) is 11.1. The minimum absolute atomic E-state index is 0.800. The first-order valence-corrected chi connectivity index (χ1v) is 6.93. The molecule has 2 aliphatic carbocycles. The summed E-state index contributed by atoms with van der Waals surface area (Å²) in [5.74, 6) is -1.64. The van der Waals surface area contributed by atoms with Crippen LogP contribution in [0, 0.1) is 0 Å². The Morgan fingerprint density at radius 1 is 0.720 bits per heavy atom. The van der Waals surface area contributed by atoms with E-state index in [1.807, 2.05) is 0 Å². The minimum Gasteiger partial charge on any atom is -0.457 e. The lowest BCUT2D eigenvalue weighted by atomic mass is 9.93. The molecule has 140 valence electrons. The lowest BCUT2D eigenvalue weighted by molar-refractivity contribution is -0.101. The molecule has 0 aromatic heterocycles. The molecule has 0 fully saturated rings. The first kappa shape index (κ1) is 19.5. The van der Waals surface area contributed by atoms with Crippen molar-refractivity contribution in [2.45, 2.75) is 36.5 Å². The summed E-state index contributed by atoms with van der Waals surface area (Å²) >= 11 is 0. The summed E-state index contributed by atoms with van der Waals surface area (Å²) in [6.45, 7) is 0. The first-order valence-electron chi connectivity index (χ1n) is 6.93. The van der Waals surface area contributed by atoms with Gasteiger partial charge in [-0.15, -0.1) is 0 Å². The van der Waals surface area contributed by atoms with Gasteiger partial charge in [0.05, 0.1) is 22.5 Å². The van der Waals surface area contributed by atoms with E-state index in [4.69, 9.17) is 27.7 Å². The van der Waals surface area contributed by atoms with Crippen LogP contribution >= 0.6 is 0 Å². The van der Waals surface area contributed by atoms with Crippen molar-refractivity contribution in [1.82, 2.24) is 0 Å². The third-order valence-corrected chi connectivity index (χ3v) is 3.56. The van der Waals surface area contributed by atoms with E-state index in [-0.39, 0.29) is 0 Å². The van der Waals surface area contributed by atoms with Crippen LogP contribution < -0.4 is 22.9 Å². The third-order valence-electron chi connectivity index (χ3n) is 3.56. The molecule has 0 radical (unpaired) electrons. The topological polar surface area (TPSA) is 113 Å². The summed E-state index contributed by atoms with van der Waals surface area (Å²) in [6.07, 6.45) is -7.82. The maximum atomic E-state index is 13.2. The number of allylic oxidation sites excluding steroid dienone is 2. The van der Waals surface area contributed by atoms with Crippen molar-refractivity contribution in [1.29, 1.82) is 0 Å². The molecule has 0 amide bonds. The quantitative estimate of drug-likeness (QED) is 0.437. The fourth-order valence-electron chi connectivity index (χ4n) is 2.36. The Labute approximate surface area is 138 Å². The smallest absolute Gasteiger partial charge is 0.416 e. The van der Waals surface area contributed by atoms with Gasteiger partial charge in [0.15, 0.2) is 0 Å². The van der Waals surface area contributed by atoms with E-state index in [9.17, 15) is 26.3 Å². The van der Waals surface area contributed by atoms with Gasteiger partial charge >= 0.3 is 12.4 Å². The van der Waals surface area contributed by atoms with Crippen molar-refractivity contribution in [2.75, 3.05) is 0 Å². The van der Waals surface area contributed by atoms with Gasteiger partial charge in [0.25, 0.3) is 0 Å². The lowest BCUT2D eigenvalue weighted by Gasteiger charge is -2.31. The lowest BCUT2D eigenvalue weighted by Crippen LogP contribution is -2.50. The van der Waals surface area contributed by atoms with Crippen LogP contribution in [0.25, 0.3) is 0 Å². The Morgan fingerprint density at radius 3 is 1.32 bits per heavy atom. The van der Waals surface area contributed by atoms with Gasteiger partial charge in [0.1, 0.15) is 11.5 Å². The maximum Gasteiger partial charge on any atom is 0.416 e. The van der Waals surface area contributed by atoms with Crippen LogP contribution in [0.5, 0.6) is 0 Å². The van der Waals surface area contributed by atoms with Crippen molar-refractivity contribution >= 4 is 0 Å². The predicted octanol–water partition coefficient (Wildman–Crippen LogP) is 1.78. The molecule has 0 aromatic rings. The molecule has 0 atom stereocenters. The zero-order valence-corrected chi connectivity index (χ0v) is 12.7. The molecular weight excluding hydrogens is 354 g/mol. The van der Waals surface area contributed by atoms with E-state index in [0.29, 0.717) is 0 Å². The van der Waals surface area contributed by atoms with Crippen LogP contribution in [0.2, 0.25) is 0 Å². The predicted molar refractivity (Wildman–Crippen MR) is 77.0 cm³/mol. The van der Waals surface area contributed by atoms with Crippen molar-refractivity contribution in [3.63, 3.8) is 0 Å². The highest BCUT2D eigenvalue weighted by molar-refractivity contribution is 5.39. The molecule has 0 heterocycles. The molecule has 0 unspecified atom stereocenters. The Bertz CT molecular complexity index is 624. The molecule has 2 rings (SSSR count). The van der Waals surface area contributed by atoms with Gasteiger partial charge in [-0.05, 0) is 24.3 Å². The molecule has 2 aliphatic rings. The van der Waals surface area contributed by atoms with E-state index >= 15 is 0 Å². The summed E-state index contributed by atoms with van der Waals surface area (Å²) in [4.78, 5) is 0. The average molecular weight is 370 g/mol. The van der Waals surface area contributed by atoms with Gasteiger partial charge in [-0.25, -0.2) is 0 Å². The van der Waals surface area contributed by atoms with Gasteiger partial charge in [0, 0.05) is 12.8 Å². The zero-order chi connectivity index (χ0) is 19.3. The van der Waals surface area contributed by atoms with Crippen LogP contribution in [0.1, 0.15) is 12.8 Å². The molecule has 0 saturated heterocycles. The number of hydrogen-bond acceptors (Lipinski definition) is 5. The van der Waals surface area contributed by atoms with E-state index < -0.39 is 59.2 Å². The monoisotopic (exact) mass is 370 g/mol. The molecule has 8 N–H and O–H groups in total. The Hall–Kier alpha value is -1.82. The Balaban J connectivity index is 2.48. The Morgan fingerprint density at radius 2 is 1.04 bits per heavy atom. The number of nitrogens with two attached hydrogens (primary N) is 4. The molecule has 0 aromatic carbocycles. The van der Waals surface area contributed by atoms with Crippen LogP contribution in [0.3, 0.4) is 0 Å². The van der Waals surface area contributed by atoms with E-state index in [1.54, 1.807) is 0 Å². The molecule has 25 heavy (non-hydrogen) atoms. The SMILES string of the molecule is NC1(N)C=CC(OC2=C(C(F)(F)F)CC(N)(N)C=C2)=C(C(F)(F)F)C1. The van der Waals surface area contributed by atoms with Gasteiger partial charge in [0.2, 0.25) is 0 Å². The standard InChI is InChI=1S/C14H16F6N4O/c15-13(16,17)7-5-11(21,22)3-1-9(7)25-10-2-4-12(23,24)6-8(10)14(18,19)20/h1-4H,5-6,21-24H2.